The molecule has 150 valence electrons. The van der Waals surface area contributed by atoms with E-state index in [1.165, 1.54) is 24.2 Å². The molecule has 0 atom stereocenters. The number of amides is 1. The van der Waals surface area contributed by atoms with Crippen molar-refractivity contribution in [2.75, 3.05) is 5.32 Å². The minimum absolute atomic E-state index is 0.211. The fraction of sp³-hybridized carbons (Fsp3) is 0.217. The molecule has 0 saturated carbocycles. The molecule has 7 heteroatoms. The Bertz CT molecular complexity index is 1160. The minimum atomic E-state index is -0.211. The van der Waals surface area contributed by atoms with Gasteiger partial charge in [0.2, 0.25) is 0 Å². The quantitative estimate of drug-likeness (QED) is 0.506. The lowest BCUT2D eigenvalue weighted by molar-refractivity contribution is 0.102. The molecule has 0 bridgehead atoms. The Hall–Kier alpha value is -3.32. The number of aromatic nitrogens is 4. The fourth-order valence-electron chi connectivity index (χ4n) is 3.69. The molecule has 0 unspecified atom stereocenters. The van der Waals surface area contributed by atoms with Gasteiger partial charge in [-0.3, -0.25) is 4.79 Å². The van der Waals surface area contributed by atoms with Crippen LogP contribution in [0.15, 0.2) is 60.0 Å². The van der Waals surface area contributed by atoms with Crippen molar-refractivity contribution in [1.29, 1.82) is 0 Å². The maximum absolute atomic E-state index is 12.6. The normalized spacial score (nSPS) is 13.5. The summed E-state index contributed by atoms with van der Waals surface area (Å²) in [5.74, 6) is 1.76. The number of hydrogen-bond acceptors (Lipinski definition) is 5. The Labute approximate surface area is 178 Å². The molecule has 3 heterocycles. The second-order valence-electron chi connectivity index (χ2n) is 7.34. The van der Waals surface area contributed by atoms with Gasteiger partial charge in [0, 0.05) is 35.2 Å². The summed E-state index contributed by atoms with van der Waals surface area (Å²) in [6.45, 7) is 0.962. The lowest BCUT2D eigenvalue weighted by atomic mass is 10.2. The van der Waals surface area contributed by atoms with Crippen molar-refractivity contribution in [2.45, 2.75) is 32.2 Å². The third-order valence-electron chi connectivity index (χ3n) is 5.27. The van der Waals surface area contributed by atoms with Gasteiger partial charge in [0.1, 0.15) is 16.5 Å². The highest BCUT2D eigenvalue weighted by atomic mass is 32.1. The van der Waals surface area contributed by atoms with Gasteiger partial charge in [-0.05, 0) is 37.1 Å². The number of carbonyl (C=O) groups excluding carboxylic acids is 1. The average Bonchev–Trinajstić information content (AvgIpc) is 3.37. The molecule has 1 amide bonds. The van der Waals surface area contributed by atoms with E-state index in [4.69, 9.17) is 0 Å². The number of thiazole rings is 1. The zero-order chi connectivity index (χ0) is 20.3. The van der Waals surface area contributed by atoms with E-state index >= 15 is 0 Å². The first kappa shape index (κ1) is 18.7. The van der Waals surface area contributed by atoms with Crippen LogP contribution < -0.4 is 5.32 Å². The fourth-order valence-corrected chi connectivity index (χ4v) is 4.49. The van der Waals surface area contributed by atoms with Crippen LogP contribution in [0.3, 0.4) is 0 Å². The number of fused-ring (bicyclic) bond motifs is 1. The van der Waals surface area contributed by atoms with E-state index in [2.05, 4.69) is 25.1 Å². The molecule has 6 nitrogen and oxygen atoms in total. The van der Waals surface area contributed by atoms with E-state index in [1.807, 2.05) is 54.6 Å². The Morgan fingerprint density at radius 1 is 0.933 bits per heavy atom. The third kappa shape index (κ3) is 3.76. The van der Waals surface area contributed by atoms with Gasteiger partial charge in [0.25, 0.3) is 5.91 Å². The smallest absolute Gasteiger partial charge is 0.275 e. The van der Waals surface area contributed by atoms with Crippen LogP contribution in [0.2, 0.25) is 0 Å². The van der Waals surface area contributed by atoms with Crippen LogP contribution in [-0.2, 0) is 13.0 Å². The first-order valence-corrected chi connectivity index (χ1v) is 11.0. The summed E-state index contributed by atoms with van der Waals surface area (Å²) in [4.78, 5) is 17.1. The zero-order valence-corrected chi connectivity index (χ0v) is 17.2. The standard InChI is InChI=1S/C23H21N5OS/c29-22(19-15-30-23(25-19)17-7-3-1-4-8-17)24-18-12-10-16(11-13-18)21-27-26-20-9-5-2-6-14-28(20)21/h1,3-4,7-8,10-13,15H,2,5-6,9,14H2,(H,24,29). The van der Waals surface area contributed by atoms with Crippen molar-refractivity contribution in [3.8, 4) is 22.0 Å². The number of nitrogens with one attached hydrogen (secondary N) is 1. The summed E-state index contributed by atoms with van der Waals surface area (Å²) < 4.78 is 2.22. The van der Waals surface area contributed by atoms with Crippen molar-refractivity contribution in [2.24, 2.45) is 0 Å². The molecule has 0 fully saturated rings. The van der Waals surface area contributed by atoms with E-state index in [0.29, 0.717) is 5.69 Å². The van der Waals surface area contributed by atoms with E-state index in [1.54, 1.807) is 5.38 Å². The van der Waals surface area contributed by atoms with Gasteiger partial charge in [0.15, 0.2) is 5.82 Å². The van der Waals surface area contributed by atoms with Crippen LogP contribution in [0.5, 0.6) is 0 Å². The zero-order valence-electron chi connectivity index (χ0n) is 16.4. The monoisotopic (exact) mass is 415 g/mol. The van der Waals surface area contributed by atoms with Crippen LogP contribution in [0, 0.1) is 0 Å². The summed E-state index contributed by atoms with van der Waals surface area (Å²) in [6.07, 6.45) is 4.55. The lowest BCUT2D eigenvalue weighted by Crippen LogP contribution is -2.12. The Morgan fingerprint density at radius 2 is 1.77 bits per heavy atom. The molecular formula is C23H21N5OS. The summed E-state index contributed by atoms with van der Waals surface area (Å²) in [7, 11) is 0. The molecule has 1 aliphatic heterocycles. The molecule has 0 radical (unpaired) electrons. The SMILES string of the molecule is O=C(Nc1ccc(-c2nnc3n2CCCCC3)cc1)c1csc(-c2ccccc2)n1. The number of benzene rings is 2. The van der Waals surface area contributed by atoms with Gasteiger partial charge < -0.3 is 9.88 Å². The summed E-state index contributed by atoms with van der Waals surface area (Å²) in [6, 6.07) is 17.6. The highest BCUT2D eigenvalue weighted by Crippen LogP contribution is 2.26. The highest BCUT2D eigenvalue weighted by molar-refractivity contribution is 7.13. The maximum atomic E-state index is 12.6. The average molecular weight is 416 g/mol. The second kappa shape index (κ2) is 8.20. The van der Waals surface area contributed by atoms with E-state index in [0.717, 1.165) is 52.9 Å². The van der Waals surface area contributed by atoms with Gasteiger partial charge in [-0.15, -0.1) is 21.5 Å². The molecule has 5 rings (SSSR count). The first-order valence-electron chi connectivity index (χ1n) is 10.1. The van der Waals surface area contributed by atoms with E-state index < -0.39 is 0 Å². The van der Waals surface area contributed by atoms with E-state index in [-0.39, 0.29) is 5.91 Å². The molecule has 2 aromatic heterocycles. The topological polar surface area (TPSA) is 72.7 Å². The van der Waals surface area contributed by atoms with Gasteiger partial charge >= 0.3 is 0 Å². The number of rotatable bonds is 4. The van der Waals surface area contributed by atoms with Gasteiger partial charge in [-0.1, -0.05) is 36.8 Å². The summed E-state index contributed by atoms with van der Waals surface area (Å²) >= 11 is 1.47. The molecule has 1 aliphatic rings. The van der Waals surface area contributed by atoms with Crippen LogP contribution >= 0.6 is 11.3 Å². The van der Waals surface area contributed by atoms with Gasteiger partial charge in [0.05, 0.1) is 0 Å². The van der Waals surface area contributed by atoms with Crippen molar-refractivity contribution in [3.63, 3.8) is 0 Å². The molecular weight excluding hydrogens is 394 g/mol. The second-order valence-corrected chi connectivity index (χ2v) is 8.20. The van der Waals surface area contributed by atoms with Crippen LogP contribution in [-0.4, -0.2) is 25.7 Å². The largest absolute Gasteiger partial charge is 0.321 e. The van der Waals surface area contributed by atoms with Crippen LogP contribution in [0.25, 0.3) is 22.0 Å². The van der Waals surface area contributed by atoms with Crippen LogP contribution in [0.1, 0.15) is 35.6 Å². The van der Waals surface area contributed by atoms with Gasteiger partial charge in [-0.2, -0.15) is 0 Å². The van der Waals surface area contributed by atoms with Gasteiger partial charge in [-0.25, -0.2) is 4.98 Å². The first-order chi connectivity index (χ1) is 14.8. The predicted molar refractivity (Wildman–Crippen MR) is 119 cm³/mol. The number of nitrogens with zero attached hydrogens (tertiary/aromatic N) is 4. The number of hydrogen-bond donors (Lipinski definition) is 1. The Balaban J connectivity index is 1.30. The lowest BCUT2D eigenvalue weighted by Gasteiger charge is -2.08. The number of aryl methyl sites for hydroxylation is 1. The molecule has 4 aromatic rings. The molecule has 0 saturated heterocycles. The van der Waals surface area contributed by atoms with Crippen molar-refractivity contribution >= 4 is 22.9 Å². The molecule has 2 aromatic carbocycles. The Kier molecular flexibility index (Phi) is 5.11. The van der Waals surface area contributed by atoms with Crippen LogP contribution in [0.4, 0.5) is 5.69 Å². The minimum Gasteiger partial charge on any atom is -0.321 e. The number of anilines is 1. The molecule has 1 N–H and O–H groups in total. The summed E-state index contributed by atoms with van der Waals surface area (Å²) in [5.41, 5.74) is 3.17. The van der Waals surface area contributed by atoms with Crippen molar-refractivity contribution in [1.82, 2.24) is 19.7 Å². The van der Waals surface area contributed by atoms with Crippen molar-refractivity contribution < 1.29 is 4.79 Å². The predicted octanol–water partition coefficient (Wildman–Crippen LogP) is 5.05. The summed E-state index contributed by atoms with van der Waals surface area (Å²) in [5, 5.41) is 14.3. The molecule has 0 spiro atoms. The third-order valence-corrected chi connectivity index (χ3v) is 6.16. The molecule has 30 heavy (non-hydrogen) atoms. The van der Waals surface area contributed by atoms with Crippen molar-refractivity contribution in [3.05, 3.63) is 71.5 Å². The van der Waals surface area contributed by atoms with E-state index in [9.17, 15) is 4.79 Å². The Morgan fingerprint density at radius 3 is 2.60 bits per heavy atom. The number of carbonyl (C=O) groups is 1. The highest BCUT2D eigenvalue weighted by Gasteiger charge is 2.16. The maximum Gasteiger partial charge on any atom is 0.275 e. The molecule has 0 aliphatic carbocycles.